The molecule has 0 spiro atoms. The van der Waals surface area contributed by atoms with Gasteiger partial charge in [-0.3, -0.25) is 0 Å². The van der Waals surface area contributed by atoms with E-state index >= 15 is 0 Å². The fraction of sp³-hybridized carbons (Fsp3) is 0.0625. The molecule has 0 unspecified atom stereocenters. The van der Waals surface area contributed by atoms with Gasteiger partial charge >= 0.3 is 5.97 Å². The van der Waals surface area contributed by atoms with Crippen LogP contribution in [0.1, 0.15) is 9.67 Å². The second-order valence-electron chi connectivity index (χ2n) is 4.57. The molecule has 3 rings (SSSR count). The first-order valence-electron chi connectivity index (χ1n) is 6.31. The lowest BCUT2D eigenvalue weighted by Crippen LogP contribution is -1.97. The van der Waals surface area contributed by atoms with Crippen LogP contribution in [0.4, 0.5) is 8.78 Å². The Hall–Kier alpha value is -2.47. The average molecular weight is 320 g/mol. The minimum absolute atomic E-state index is 0.0234. The number of ether oxygens (including phenoxy) is 1. The van der Waals surface area contributed by atoms with E-state index in [1.165, 1.54) is 37.4 Å². The fourth-order valence-corrected chi connectivity index (χ4v) is 3.43. The van der Waals surface area contributed by atoms with Crippen LogP contribution in [0.3, 0.4) is 0 Å². The normalized spacial score (nSPS) is 10.9. The third-order valence-electron chi connectivity index (χ3n) is 3.30. The molecule has 6 heteroatoms. The van der Waals surface area contributed by atoms with Crippen LogP contribution in [0.5, 0.6) is 5.75 Å². The SMILES string of the molecule is COc1cccc(-c2c(C(=O)O)sc3cc(F)ccc23)c1F. The summed E-state index contributed by atoms with van der Waals surface area (Å²) in [5, 5.41) is 9.87. The zero-order chi connectivity index (χ0) is 15.9. The van der Waals surface area contributed by atoms with Crippen LogP contribution in [0.2, 0.25) is 0 Å². The molecule has 0 bridgehead atoms. The summed E-state index contributed by atoms with van der Waals surface area (Å²) in [6.07, 6.45) is 0. The van der Waals surface area contributed by atoms with Gasteiger partial charge in [-0.05, 0) is 24.3 Å². The summed E-state index contributed by atoms with van der Waals surface area (Å²) < 4.78 is 33.2. The number of aromatic carboxylic acids is 1. The number of hydrogen-bond donors (Lipinski definition) is 1. The molecule has 0 fully saturated rings. The highest BCUT2D eigenvalue weighted by molar-refractivity contribution is 7.21. The molecule has 112 valence electrons. The molecule has 1 N–H and O–H groups in total. The predicted molar refractivity (Wildman–Crippen MR) is 80.7 cm³/mol. The van der Waals surface area contributed by atoms with Crippen molar-refractivity contribution in [3.63, 3.8) is 0 Å². The molecule has 3 aromatic rings. The summed E-state index contributed by atoms with van der Waals surface area (Å²) in [6.45, 7) is 0. The predicted octanol–water partition coefficient (Wildman–Crippen LogP) is 4.55. The summed E-state index contributed by atoms with van der Waals surface area (Å²) in [6, 6.07) is 8.44. The number of hydrogen-bond acceptors (Lipinski definition) is 3. The van der Waals surface area contributed by atoms with E-state index in [9.17, 15) is 18.7 Å². The average Bonchev–Trinajstić information content (AvgIpc) is 2.86. The quantitative estimate of drug-likeness (QED) is 0.770. The summed E-state index contributed by atoms with van der Waals surface area (Å²) in [5.74, 6) is -2.27. The van der Waals surface area contributed by atoms with Crippen LogP contribution in [0.15, 0.2) is 36.4 Å². The van der Waals surface area contributed by atoms with Crippen molar-refractivity contribution >= 4 is 27.4 Å². The molecule has 1 aromatic heterocycles. The van der Waals surface area contributed by atoms with Crippen molar-refractivity contribution in [3.8, 4) is 16.9 Å². The van der Waals surface area contributed by atoms with Crippen LogP contribution < -0.4 is 4.74 Å². The lowest BCUT2D eigenvalue weighted by Gasteiger charge is -2.08. The highest BCUT2D eigenvalue weighted by Gasteiger charge is 2.23. The minimum atomic E-state index is -1.18. The van der Waals surface area contributed by atoms with Crippen LogP contribution >= 0.6 is 11.3 Å². The van der Waals surface area contributed by atoms with Gasteiger partial charge in [-0.2, -0.15) is 0 Å². The standard InChI is InChI=1S/C16H10F2O3S/c1-21-11-4-2-3-10(14(11)18)13-9-6-5-8(17)7-12(9)22-15(13)16(19)20/h2-7H,1H3,(H,19,20). The third-order valence-corrected chi connectivity index (χ3v) is 4.44. The Morgan fingerprint density at radius 3 is 2.68 bits per heavy atom. The molecule has 0 aliphatic rings. The first kappa shape index (κ1) is 14.5. The van der Waals surface area contributed by atoms with Gasteiger partial charge in [0, 0.05) is 21.2 Å². The van der Waals surface area contributed by atoms with E-state index in [-0.39, 0.29) is 21.8 Å². The summed E-state index contributed by atoms with van der Waals surface area (Å²) in [5.41, 5.74) is 0.360. The number of thiophene rings is 1. The first-order valence-corrected chi connectivity index (χ1v) is 7.12. The van der Waals surface area contributed by atoms with E-state index in [0.29, 0.717) is 10.1 Å². The molecule has 0 saturated heterocycles. The molecule has 0 aliphatic carbocycles. The maximum Gasteiger partial charge on any atom is 0.346 e. The zero-order valence-electron chi connectivity index (χ0n) is 11.4. The second-order valence-corrected chi connectivity index (χ2v) is 5.63. The largest absolute Gasteiger partial charge is 0.494 e. The van der Waals surface area contributed by atoms with Crippen LogP contribution in [0, 0.1) is 11.6 Å². The molecule has 0 aliphatic heterocycles. The van der Waals surface area contributed by atoms with E-state index in [4.69, 9.17) is 4.74 Å². The lowest BCUT2D eigenvalue weighted by molar-refractivity contribution is 0.0703. The van der Waals surface area contributed by atoms with E-state index in [2.05, 4.69) is 0 Å². The summed E-state index contributed by atoms with van der Waals surface area (Å²) in [4.78, 5) is 11.4. The number of benzene rings is 2. The molecule has 1 heterocycles. The number of methoxy groups -OCH3 is 1. The summed E-state index contributed by atoms with van der Waals surface area (Å²) >= 11 is 0.916. The number of halogens is 2. The van der Waals surface area contributed by atoms with Crippen molar-refractivity contribution < 1.29 is 23.4 Å². The van der Waals surface area contributed by atoms with E-state index in [1.54, 1.807) is 6.07 Å². The smallest absolute Gasteiger partial charge is 0.346 e. The van der Waals surface area contributed by atoms with Gasteiger partial charge in [-0.15, -0.1) is 11.3 Å². The van der Waals surface area contributed by atoms with E-state index in [1.807, 2.05) is 0 Å². The number of carboxylic acids is 1. The van der Waals surface area contributed by atoms with Gasteiger partial charge in [0.1, 0.15) is 10.7 Å². The van der Waals surface area contributed by atoms with E-state index < -0.39 is 17.6 Å². The van der Waals surface area contributed by atoms with Gasteiger partial charge in [0.25, 0.3) is 0 Å². The maximum atomic E-state index is 14.5. The Labute approximate surface area is 128 Å². The summed E-state index contributed by atoms with van der Waals surface area (Å²) in [7, 11) is 1.33. The molecule has 2 aromatic carbocycles. The van der Waals surface area contributed by atoms with Gasteiger partial charge in [-0.1, -0.05) is 12.1 Å². The Morgan fingerprint density at radius 2 is 2.00 bits per heavy atom. The highest BCUT2D eigenvalue weighted by Crippen LogP contribution is 2.41. The second kappa shape index (κ2) is 5.38. The van der Waals surface area contributed by atoms with Crippen molar-refractivity contribution in [2.24, 2.45) is 0 Å². The zero-order valence-corrected chi connectivity index (χ0v) is 12.2. The number of rotatable bonds is 3. The Morgan fingerprint density at radius 1 is 1.23 bits per heavy atom. The molecule has 0 atom stereocenters. The van der Waals surface area contributed by atoms with Crippen molar-refractivity contribution in [3.05, 3.63) is 52.9 Å². The first-order chi connectivity index (χ1) is 10.5. The Kier molecular flexibility index (Phi) is 3.54. The van der Waals surface area contributed by atoms with Crippen LogP contribution in [-0.4, -0.2) is 18.2 Å². The van der Waals surface area contributed by atoms with Gasteiger partial charge < -0.3 is 9.84 Å². The lowest BCUT2D eigenvalue weighted by atomic mass is 10.0. The van der Waals surface area contributed by atoms with Gasteiger partial charge in [0.15, 0.2) is 11.6 Å². The molecule has 3 nitrogen and oxygen atoms in total. The molecular formula is C16H10F2O3S. The highest BCUT2D eigenvalue weighted by atomic mass is 32.1. The van der Waals surface area contributed by atoms with Crippen LogP contribution in [0.25, 0.3) is 21.2 Å². The molecule has 22 heavy (non-hydrogen) atoms. The van der Waals surface area contributed by atoms with Gasteiger partial charge in [-0.25, -0.2) is 13.6 Å². The van der Waals surface area contributed by atoms with Crippen molar-refractivity contribution in [1.29, 1.82) is 0 Å². The number of carboxylic acid groups (broad SMARTS) is 1. The molecule has 0 radical (unpaired) electrons. The fourth-order valence-electron chi connectivity index (χ4n) is 2.35. The third kappa shape index (κ3) is 2.21. The van der Waals surface area contributed by atoms with Crippen molar-refractivity contribution in [1.82, 2.24) is 0 Å². The van der Waals surface area contributed by atoms with E-state index in [0.717, 1.165) is 11.3 Å². The van der Waals surface area contributed by atoms with Gasteiger partial charge in [0.2, 0.25) is 0 Å². The number of carbonyl (C=O) groups is 1. The topological polar surface area (TPSA) is 46.5 Å². The molecule has 0 saturated carbocycles. The molecule has 0 amide bonds. The van der Waals surface area contributed by atoms with Crippen molar-refractivity contribution in [2.45, 2.75) is 0 Å². The Balaban J connectivity index is 2.39. The minimum Gasteiger partial charge on any atom is -0.494 e. The maximum absolute atomic E-state index is 14.5. The monoisotopic (exact) mass is 320 g/mol. The van der Waals surface area contributed by atoms with Crippen molar-refractivity contribution in [2.75, 3.05) is 7.11 Å². The van der Waals surface area contributed by atoms with Crippen LogP contribution in [-0.2, 0) is 0 Å². The van der Waals surface area contributed by atoms with Gasteiger partial charge in [0.05, 0.1) is 7.11 Å². The number of fused-ring (bicyclic) bond motifs is 1. The molecular weight excluding hydrogens is 310 g/mol. The Bertz CT molecular complexity index is 886.